The van der Waals surface area contributed by atoms with Gasteiger partial charge in [-0.2, -0.15) is 13.2 Å². The average Bonchev–Trinajstić information content (AvgIpc) is 2.41. The molecule has 1 amide bonds. The number of carbonyl (C=O) groups excluding carboxylic acids is 1. The molecule has 1 aliphatic rings. The van der Waals surface area contributed by atoms with Crippen LogP contribution in [-0.2, 0) is 17.4 Å². The molecule has 0 radical (unpaired) electrons. The van der Waals surface area contributed by atoms with Crippen LogP contribution in [0.5, 0.6) is 0 Å². The van der Waals surface area contributed by atoms with E-state index in [1.807, 2.05) is 0 Å². The average molecular weight is 317 g/mol. The summed E-state index contributed by atoms with van der Waals surface area (Å²) >= 11 is 0. The number of alkyl halides is 3. The van der Waals surface area contributed by atoms with E-state index in [9.17, 15) is 28.2 Å². The summed E-state index contributed by atoms with van der Waals surface area (Å²) in [5.74, 6) is -0.283. The second-order valence-electron chi connectivity index (χ2n) is 5.83. The Morgan fingerprint density at radius 1 is 1.36 bits per heavy atom. The number of piperidine rings is 1. The number of β-amino-alcohol motifs (C(OH)–C–C–N with tert-alkyl or cyclic N) is 1. The number of hydrogen-bond donors (Lipinski definition) is 2. The predicted molar refractivity (Wildman–Crippen MR) is 73.0 cm³/mol. The Morgan fingerprint density at radius 2 is 1.95 bits per heavy atom. The fraction of sp³-hybridized carbons (Fsp3) is 0.533. The monoisotopic (exact) mass is 317 g/mol. The van der Waals surface area contributed by atoms with Crippen LogP contribution < -0.4 is 0 Å². The van der Waals surface area contributed by atoms with Gasteiger partial charge >= 0.3 is 6.18 Å². The third-order valence-electron chi connectivity index (χ3n) is 3.99. The van der Waals surface area contributed by atoms with Crippen molar-refractivity contribution in [3.05, 3.63) is 35.4 Å². The smallest absolute Gasteiger partial charge is 0.388 e. The third-order valence-corrected chi connectivity index (χ3v) is 3.99. The van der Waals surface area contributed by atoms with Gasteiger partial charge in [0.1, 0.15) is 0 Å². The van der Waals surface area contributed by atoms with E-state index in [0.717, 1.165) is 12.1 Å². The van der Waals surface area contributed by atoms with Crippen LogP contribution in [0.15, 0.2) is 24.3 Å². The number of halogens is 3. The van der Waals surface area contributed by atoms with Crippen LogP contribution in [0, 0.1) is 0 Å². The standard InChI is InChI=1S/C15H18F3NO3/c1-14(22)6-7-19(9-12(14)20)13(21)8-10-2-4-11(5-3-10)15(16,17)18/h2-5,12,20,22H,6-9H2,1H3/t12-,14+/m0/s1. The molecule has 1 aliphatic heterocycles. The minimum Gasteiger partial charge on any atom is -0.388 e. The first kappa shape index (κ1) is 16.8. The summed E-state index contributed by atoms with van der Waals surface area (Å²) in [5.41, 5.74) is -1.50. The third kappa shape index (κ3) is 3.78. The van der Waals surface area contributed by atoms with Gasteiger partial charge < -0.3 is 15.1 Å². The van der Waals surface area contributed by atoms with Crippen LogP contribution in [0.4, 0.5) is 13.2 Å². The number of nitrogens with zero attached hydrogens (tertiary/aromatic N) is 1. The summed E-state index contributed by atoms with van der Waals surface area (Å²) in [4.78, 5) is 13.5. The lowest BCUT2D eigenvalue weighted by atomic mass is 9.90. The van der Waals surface area contributed by atoms with Crippen molar-refractivity contribution in [2.45, 2.75) is 37.6 Å². The van der Waals surface area contributed by atoms with Gasteiger partial charge in [-0.25, -0.2) is 0 Å². The zero-order valence-corrected chi connectivity index (χ0v) is 12.1. The lowest BCUT2D eigenvalue weighted by Gasteiger charge is -2.40. The molecule has 1 fully saturated rings. The number of rotatable bonds is 2. The molecule has 0 aliphatic carbocycles. The van der Waals surface area contributed by atoms with Crippen molar-refractivity contribution < 1.29 is 28.2 Å². The van der Waals surface area contributed by atoms with Crippen LogP contribution in [-0.4, -0.2) is 45.8 Å². The molecule has 1 heterocycles. The summed E-state index contributed by atoms with van der Waals surface area (Å²) in [7, 11) is 0. The second kappa shape index (κ2) is 5.89. The fourth-order valence-electron chi connectivity index (χ4n) is 2.35. The lowest BCUT2D eigenvalue weighted by molar-refractivity contribution is -0.145. The van der Waals surface area contributed by atoms with Crippen molar-refractivity contribution in [2.75, 3.05) is 13.1 Å². The Morgan fingerprint density at radius 3 is 2.45 bits per heavy atom. The number of aliphatic hydroxyl groups is 2. The Kier molecular flexibility index (Phi) is 4.49. The van der Waals surface area contributed by atoms with Crippen LogP contribution in [0.2, 0.25) is 0 Å². The normalized spacial score (nSPS) is 26.1. The maximum Gasteiger partial charge on any atom is 0.416 e. The van der Waals surface area contributed by atoms with E-state index in [1.54, 1.807) is 0 Å². The first-order valence-electron chi connectivity index (χ1n) is 6.94. The Labute approximate surface area is 126 Å². The number of hydrogen-bond acceptors (Lipinski definition) is 3. The summed E-state index contributed by atoms with van der Waals surface area (Å²) in [6.07, 6.45) is -5.21. The van der Waals surface area contributed by atoms with Gasteiger partial charge in [0.05, 0.1) is 23.7 Å². The number of likely N-dealkylation sites (tertiary alicyclic amines) is 1. The van der Waals surface area contributed by atoms with Gasteiger partial charge in [0.25, 0.3) is 0 Å². The summed E-state index contributed by atoms with van der Waals surface area (Å²) in [5, 5.41) is 19.6. The van der Waals surface area contributed by atoms with Gasteiger partial charge in [-0.05, 0) is 31.0 Å². The molecule has 0 spiro atoms. The molecule has 1 aromatic rings. The lowest BCUT2D eigenvalue weighted by Crippen LogP contribution is -2.55. The van der Waals surface area contributed by atoms with E-state index in [1.165, 1.54) is 24.0 Å². The highest BCUT2D eigenvalue weighted by Gasteiger charge is 2.37. The highest BCUT2D eigenvalue weighted by atomic mass is 19.4. The molecule has 0 bridgehead atoms. The van der Waals surface area contributed by atoms with Crippen molar-refractivity contribution in [2.24, 2.45) is 0 Å². The predicted octanol–water partition coefficient (Wildman–Crippen LogP) is 1.59. The van der Waals surface area contributed by atoms with Gasteiger partial charge in [-0.1, -0.05) is 12.1 Å². The molecule has 2 atom stereocenters. The molecule has 4 nitrogen and oxygen atoms in total. The Bertz CT molecular complexity index is 540. The molecule has 122 valence electrons. The molecule has 0 saturated carbocycles. The van der Waals surface area contributed by atoms with E-state index in [-0.39, 0.29) is 25.3 Å². The maximum absolute atomic E-state index is 12.5. The van der Waals surface area contributed by atoms with Gasteiger partial charge in [0.15, 0.2) is 0 Å². The van der Waals surface area contributed by atoms with Gasteiger partial charge in [0, 0.05) is 13.1 Å². The van der Waals surface area contributed by atoms with E-state index in [2.05, 4.69) is 0 Å². The van der Waals surface area contributed by atoms with Crippen molar-refractivity contribution in [1.29, 1.82) is 0 Å². The van der Waals surface area contributed by atoms with Crippen LogP contribution in [0.1, 0.15) is 24.5 Å². The molecule has 22 heavy (non-hydrogen) atoms. The van der Waals surface area contributed by atoms with Gasteiger partial charge in [0.2, 0.25) is 5.91 Å². The zero-order valence-electron chi connectivity index (χ0n) is 12.1. The summed E-state index contributed by atoms with van der Waals surface area (Å²) in [6, 6.07) is 4.44. The molecule has 2 rings (SSSR count). The second-order valence-corrected chi connectivity index (χ2v) is 5.83. The van der Waals surface area contributed by atoms with Gasteiger partial charge in [-0.15, -0.1) is 0 Å². The Hall–Kier alpha value is -1.60. The topological polar surface area (TPSA) is 60.8 Å². The number of benzene rings is 1. The molecular weight excluding hydrogens is 299 g/mol. The fourth-order valence-corrected chi connectivity index (χ4v) is 2.35. The first-order chi connectivity index (χ1) is 10.1. The zero-order chi connectivity index (χ0) is 16.5. The minimum absolute atomic E-state index is 0.0203. The summed E-state index contributed by atoms with van der Waals surface area (Å²) in [6.45, 7) is 1.84. The minimum atomic E-state index is -4.40. The van der Waals surface area contributed by atoms with Gasteiger partial charge in [-0.3, -0.25) is 4.79 Å². The molecular formula is C15H18F3NO3. The van der Waals surface area contributed by atoms with E-state index < -0.39 is 23.4 Å². The SMILES string of the molecule is C[C@@]1(O)CCN(C(=O)Cc2ccc(C(F)(F)F)cc2)C[C@@H]1O. The highest BCUT2D eigenvalue weighted by Crippen LogP contribution is 2.29. The highest BCUT2D eigenvalue weighted by molar-refractivity contribution is 5.79. The molecule has 1 saturated heterocycles. The van der Waals surface area contributed by atoms with E-state index in [4.69, 9.17) is 0 Å². The van der Waals surface area contributed by atoms with Crippen LogP contribution in [0.3, 0.4) is 0 Å². The number of aliphatic hydroxyl groups excluding tert-OH is 1. The van der Waals surface area contributed by atoms with Crippen molar-refractivity contribution in [3.63, 3.8) is 0 Å². The molecule has 1 aromatic carbocycles. The molecule has 0 unspecified atom stereocenters. The number of carbonyl (C=O) groups is 1. The molecule has 0 aromatic heterocycles. The quantitative estimate of drug-likeness (QED) is 0.871. The number of amides is 1. The maximum atomic E-state index is 12.5. The van der Waals surface area contributed by atoms with E-state index in [0.29, 0.717) is 12.1 Å². The molecule has 7 heteroatoms. The van der Waals surface area contributed by atoms with Crippen molar-refractivity contribution >= 4 is 5.91 Å². The van der Waals surface area contributed by atoms with Crippen LogP contribution in [0.25, 0.3) is 0 Å². The van der Waals surface area contributed by atoms with Crippen molar-refractivity contribution in [1.82, 2.24) is 4.90 Å². The molecule has 2 N–H and O–H groups in total. The van der Waals surface area contributed by atoms with Crippen LogP contribution >= 0.6 is 0 Å². The Balaban J connectivity index is 1.98. The first-order valence-corrected chi connectivity index (χ1v) is 6.94. The van der Waals surface area contributed by atoms with Crippen molar-refractivity contribution in [3.8, 4) is 0 Å². The van der Waals surface area contributed by atoms with E-state index >= 15 is 0 Å². The largest absolute Gasteiger partial charge is 0.416 e. The summed E-state index contributed by atoms with van der Waals surface area (Å²) < 4.78 is 37.4.